The molecular formula is C25H31N5. The summed E-state index contributed by atoms with van der Waals surface area (Å²) in [7, 11) is 2.18. The lowest BCUT2D eigenvalue weighted by Gasteiger charge is -2.33. The number of fused-ring (bicyclic) bond motifs is 2. The smallest absolute Gasteiger partial charge is 0.224 e. The minimum atomic E-state index is 0.264. The van der Waals surface area contributed by atoms with Gasteiger partial charge in [0.05, 0.1) is 0 Å². The van der Waals surface area contributed by atoms with Gasteiger partial charge in [0.1, 0.15) is 5.65 Å². The van der Waals surface area contributed by atoms with Crippen LogP contribution in [-0.2, 0) is 6.42 Å². The van der Waals surface area contributed by atoms with Crippen molar-refractivity contribution in [1.29, 1.82) is 0 Å². The number of piperidine rings is 1. The number of aromatic amines is 1. The maximum atomic E-state index is 4.75. The number of allylic oxidation sites excluding steroid dienone is 1. The standard InChI is InChI=1S/C25H31N5/c1-16-12-25(2,3)13-18-11-17(5-6-20(16)18)21-14-26-23-22(21)15-27-24(29-23)28-19-7-9-30(4)10-8-19/h5-6,11,14-15,19H,1,7-10,12-13H2,2-4H3,(H2,26,27,28,29). The number of aromatic nitrogens is 3. The summed E-state index contributed by atoms with van der Waals surface area (Å²) in [6.45, 7) is 11.2. The minimum absolute atomic E-state index is 0.264. The number of nitrogens with one attached hydrogen (secondary N) is 2. The first kappa shape index (κ1) is 19.3. The topological polar surface area (TPSA) is 56.8 Å². The zero-order chi connectivity index (χ0) is 20.9. The molecule has 2 N–H and O–H groups in total. The summed E-state index contributed by atoms with van der Waals surface area (Å²) < 4.78 is 0. The quantitative estimate of drug-likeness (QED) is 0.640. The Morgan fingerprint density at radius 2 is 1.97 bits per heavy atom. The average Bonchev–Trinajstić information content (AvgIpc) is 3.11. The lowest BCUT2D eigenvalue weighted by Crippen LogP contribution is -2.37. The molecule has 1 aromatic carbocycles. The maximum Gasteiger partial charge on any atom is 0.224 e. The molecule has 30 heavy (non-hydrogen) atoms. The number of nitrogens with zero attached hydrogens (tertiary/aromatic N) is 3. The minimum Gasteiger partial charge on any atom is -0.351 e. The van der Waals surface area contributed by atoms with Gasteiger partial charge >= 0.3 is 0 Å². The molecule has 2 aromatic heterocycles. The molecule has 1 saturated heterocycles. The molecule has 1 fully saturated rings. The van der Waals surface area contributed by atoms with Crippen molar-refractivity contribution in [2.45, 2.75) is 45.6 Å². The van der Waals surface area contributed by atoms with Crippen molar-refractivity contribution in [3.63, 3.8) is 0 Å². The zero-order valence-corrected chi connectivity index (χ0v) is 18.3. The summed E-state index contributed by atoms with van der Waals surface area (Å²) >= 11 is 0. The molecule has 0 saturated carbocycles. The number of rotatable bonds is 3. The van der Waals surface area contributed by atoms with E-state index in [4.69, 9.17) is 4.98 Å². The van der Waals surface area contributed by atoms with E-state index >= 15 is 0 Å². The third-order valence-electron chi connectivity index (χ3n) is 6.64. The monoisotopic (exact) mass is 401 g/mol. The van der Waals surface area contributed by atoms with E-state index in [1.807, 2.05) is 6.20 Å². The van der Waals surface area contributed by atoms with Crippen LogP contribution in [0.3, 0.4) is 0 Å². The highest BCUT2D eigenvalue weighted by Gasteiger charge is 2.28. The molecular weight excluding hydrogens is 370 g/mol. The molecule has 0 bridgehead atoms. The van der Waals surface area contributed by atoms with Crippen molar-refractivity contribution in [3.8, 4) is 11.1 Å². The second-order valence-electron chi connectivity index (χ2n) is 9.87. The Morgan fingerprint density at radius 1 is 1.17 bits per heavy atom. The molecule has 0 atom stereocenters. The summed E-state index contributed by atoms with van der Waals surface area (Å²) in [4.78, 5) is 15.1. The number of H-pyrrole nitrogens is 1. The number of hydrogen-bond donors (Lipinski definition) is 2. The fraction of sp³-hybridized carbons (Fsp3) is 0.440. The molecule has 156 valence electrons. The molecule has 5 rings (SSSR count). The molecule has 0 spiro atoms. The van der Waals surface area contributed by atoms with Gasteiger partial charge in [-0.15, -0.1) is 0 Å². The van der Waals surface area contributed by atoms with Gasteiger partial charge in [0.15, 0.2) is 0 Å². The Bertz CT molecular complexity index is 1100. The molecule has 3 aromatic rings. The third kappa shape index (κ3) is 3.63. The van der Waals surface area contributed by atoms with Crippen LogP contribution in [0, 0.1) is 5.41 Å². The molecule has 3 heterocycles. The van der Waals surface area contributed by atoms with Crippen LogP contribution in [0.15, 0.2) is 37.2 Å². The Hall–Kier alpha value is -2.66. The van der Waals surface area contributed by atoms with Gasteiger partial charge < -0.3 is 15.2 Å². The van der Waals surface area contributed by atoms with Gasteiger partial charge in [-0.2, -0.15) is 4.98 Å². The third-order valence-corrected chi connectivity index (χ3v) is 6.64. The molecule has 1 aliphatic heterocycles. The van der Waals surface area contributed by atoms with E-state index in [1.165, 1.54) is 22.3 Å². The summed E-state index contributed by atoms with van der Waals surface area (Å²) in [5, 5.41) is 4.59. The fourth-order valence-electron chi connectivity index (χ4n) is 5.05. The highest BCUT2D eigenvalue weighted by atomic mass is 15.2. The first-order valence-electron chi connectivity index (χ1n) is 11.0. The second-order valence-corrected chi connectivity index (χ2v) is 9.87. The lowest BCUT2D eigenvalue weighted by atomic mass is 9.72. The highest BCUT2D eigenvalue weighted by Crippen LogP contribution is 2.42. The van der Waals surface area contributed by atoms with E-state index in [2.05, 4.69) is 72.1 Å². The number of benzene rings is 1. The normalized spacial score (nSPS) is 19.8. The molecule has 5 heteroatoms. The lowest BCUT2D eigenvalue weighted by molar-refractivity contribution is 0.263. The van der Waals surface area contributed by atoms with Gasteiger partial charge in [-0.1, -0.05) is 38.6 Å². The molecule has 5 nitrogen and oxygen atoms in total. The first-order valence-corrected chi connectivity index (χ1v) is 11.0. The van der Waals surface area contributed by atoms with Crippen LogP contribution >= 0.6 is 0 Å². The van der Waals surface area contributed by atoms with Crippen LogP contribution in [0.25, 0.3) is 27.7 Å². The van der Waals surface area contributed by atoms with E-state index in [0.717, 1.165) is 55.4 Å². The maximum absolute atomic E-state index is 4.75. The largest absolute Gasteiger partial charge is 0.351 e. The second kappa shape index (κ2) is 7.24. The molecule has 0 radical (unpaired) electrons. The summed E-state index contributed by atoms with van der Waals surface area (Å²) in [6.07, 6.45) is 8.41. The van der Waals surface area contributed by atoms with E-state index in [9.17, 15) is 0 Å². The number of hydrogen-bond acceptors (Lipinski definition) is 4. The Morgan fingerprint density at radius 3 is 2.77 bits per heavy atom. The predicted octanol–water partition coefficient (Wildman–Crippen LogP) is 5.12. The Labute approximate surface area is 178 Å². The van der Waals surface area contributed by atoms with Crippen molar-refractivity contribution in [2.75, 3.05) is 25.5 Å². The molecule has 0 amide bonds. The van der Waals surface area contributed by atoms with Crippen molar-refractivity contribution in [1.82, 2.24) is 19.9 Å². The Balaban J connectivity index is 1.42. The van der Waals surface area contributed by atoms with Gasteiger partial charge in [-0.25, -0.2) is 4.98 Å². The Kier molecular flexibility index (Phi) is 4.66. The van der Waals surface area contributed by atoms with Crippen LogP contribution < -0.4 is 5.32 Å². The SMILES string of the molecule is C=C1CC(C)(C)Cc2cc(-c3c[nH]c4nc(NC5CCN(C)CC5)ncc34)ccc21. The van der Waals surface area contributed by atoms with E-state index in [1.54, 1.807) is 0 Å². The molecule has 0 unspecified atom stereocenters. The summed E-state index contributed by atoms with van der Waals surface area (Å²) in [6, 6.07) is 7.22. The van der Waals surface area contributed by atoms with Crippen LogP contribution in [0.5, 0.6) is 0 Å². The van der Waals surface area contributed by atoms with Crippen molar-refractivity contribution < 1.29 is 0 Å². The van der Waals surface area contributed by atoms with Crippen LogP contribution in [0.1, 0.15) is 44.2 Å². The fourth-order valence-corrected chi connectivity index (χ4v) is 5.05. The van der Waals surface area contributed by atoms with E-state index in [0.29, 0.717) is 12.0 Å². The summed E-state index contributed by atoms with van der Waals surface area (Å²) in [5.74, 6) is 0.717. The average molecular weight is 402 g/mol. The van der Waals surface area contributed by atoms with Crippen molar-refractivity contribution >= 4 is 22.6 Å². The van der Waals surface area contributed by atoms with Gasteiger partial charge in [-0.3, -0.25) is 0 Å². The zero-order valence-electron chi connectivity index (χ0n) is 18.3. The van der Waals surface area contributed by atoms with Crippen molar-refractivity contribution in [3.05, 3.63) is 48.3 Å². The van der Waals surface area contributed by atoms with Crippen LogP contribution in [0.4, 0.5) is 5.95 Å². The summed E-state index contributed by atoms with van der Waals surface area (Å²) in [5.41, 5.74) is 7.49. The number of anilines is 1. The number of likely N-dealkylation sites (tertiary alicyclic amines) is 1. The van der Waals surface area contributed by atoms with Crippen LogP contribution in [-0.4, -0.2) is 46.0 Å². The molecule has 2 aliphatic rings. The van der Waals surface area contributed by atoms with Crippen LogP contribution in [0.2, 0.25) is 0 Å². The van der Waals surface area contributed by atoms with Gasteiger partial charge in [0.25, 0.3) is 0 Å². The predicted molar refractivity (Wildman–Crippen MR) is 125 cm³/mol. The van der Waals surface area contributed by atoms with E-state index in [-0.39, 0.29) is 5.41 Å². The van der Waals surface area contributed by atoms with Gasteiger partial charge in [0.2, 0.25) is 5.95 Å². The van der Waals surface area contributed by atoms with Gasteiger partial charge in [-0.05, 0) is 73.5 Å². The molecule has 1 aliphatic carbocycles. The van der Waals surface area contributed by atoms with Gasteiger partial charge in [0, 0.05) is 29.4 Å². The highest BCUT2D eigenvalue weighted by molar-refractivity contribution is 5.94. The van der Waals surface area contributed by atoms with Crippen molar-refractivity contribution in [2.24, 2.45) is 5.41 Å². The van der Waals surface area contributed by atoms with E-state index < -0.39 is 0 Å². The first-order chi connectivity index (χ1) is 14.4.